The highest BCUT2D eigenvalue weighted by atomic mass is 16.5. The average Bonchev–Trinajstić information content (AvgIpc) is 2.40. The predicted molar refractivity (Wildman–Crippen MR) is 70.2 cm³/mol. The molecule has 1 aliphatic heterocycles. The molecular weight excluding hydrogens is 228 g/mol. The summed E-state index contributed by atoms with van der Waals surface area (Å²) in [5, 5.41) is 8.90. The van der Waals surface area contributed by atoms with Crippen molar-refractivity contribution in [2.75, 3.05) is 6.61 Å². The highest BCUT2D eigenvalue weighted by Gasteiger charge is 2.26. The van der Waals surface area contributed by atoms with E-state index in [1.165, 1.54) is 18.7 Å². The van der Waals surface area contributed by atoms with Gasteiger partial charge in [-0.05, 0) is 12.3 Å². The number of ketones is 1. The van der Waals surface area contributed by atoms with Gasteiger partial charge in [-0.15, -0.1) is 0 Å². The van der Waals surface area contributed by atoms with Crippen LogP contribution in [0, 0.1) is 17.2 Å². The Kier molecular flexibility index (Phi) is 6.31. The maximum atomic E-state index is 11.6. The van der Waals surface area contributed by atoms with E-state index in [1.54, 1.807) is 0 Å². The molecule has 0 fully saturated rings. The molecule has 0 saturated carbocycles. The largest absolute Gasteiger partial charge is 0.363 e. The number of carbonyl (C=O) groups excluding carboxylic acids is 1. The van der Waals surface area contributed by atoms with Crippen molar-refractivity contribution in [3.63, 3.8) is 0 Å². The van der Waals surface area contributed by atoms with E-state index < -0.39 is 6.10 Å². The molecule has 2 unspecified atom stereocenters. The molecule has 1 aliphatic rings. The van der Waals surface area contributed by atoms with E-state index in [0.717, 1.165) is 19.3 Å². The highest BCUT2D eigenvalue weighted by Crippen LogP contribution is 2.15. The summed E-state index contributed by atoms with van der Waals surface area (Å²) in [7, 11) is 0. The molecule has 4 heteroatoms. The molecule has 18 heavy (non-hydrogen) atoms. The van der Waals surface area contributed by atoms with Crippen LogP contribution >= 0.6 is 0 Å². The minimum atomic E-state index is -0.796. The predicted octanol–water partition coefficient (Wildman–Crippen LogP) is 2.65. The fraction of sp³-hybridized carbons (Fsp3) is 0.643. The van der Waals surface area contributed by atoms with Gasteiger partial charge < -0.3 is 4.74 Å². The van der Waals surface area contributed by atoms with E-state index in [2.05, 4.69) is 18.8 Å². The van der Waals surface area contributed by atoms with Crippen molar-refractivity contribution in [3.8, 4) is 6.07 Å². The van der Waals surface area contributed by atoms with Crippen molar-refractivity contribution in [1.82, 2.24) is 0 Å². The standard InChI is InChI=1S/C14H20N2O2/c1-3-5-6-11(4-2)10-18-14-12(9-15)16-8-7-13(14)17/h7-8,11,14H,3-6,10H2,1-2H3. The maximum absolute atomic E-state index is 11.6. The first-order valence-electron chi connectivity index (χ1n) is 6.52. The zero-order chi connectivity index (χ0) is 13.4. The van der Waals surface area contributed by atoms with E-state index in [0.29, 0.717) is 12.5 Å². The topological polar surface area (TPSA) is 62.4 Å². The first kappa shape index (κ1) is 14.6. The van der Waals surface area contributed by atoms with E-state index in [9.17, 15) is 4.79 Å². The van der Waals surface area contributed by atoms with E-state index in [4.69, 9.17) is 10.00 Å². The third-order valence-electron chi connectivity index (χ3n) is 3.12. The van der Waals surface area contributed by atoms with Gasteiger partial charge in [0, 0.05) is 12.3 Å². The summed E-state index contributed by atoms with van der Waals surface area (Å²) >= 11 is 0. The molecule has 0 bridgehead atoms. The average molecular weight is 248 g/mol. The smallest absolute Gasteiger partial charge is 0.192 e. The van der Waals surface area contributed by atoms with Crippen molar-refractivity contribution in [1.29, 1.82) is 5.26 Å². The SMILES string of the molecule is CCCCC(CC)COC1C(=O)C=CN=C1C#N. The summed E-state index contributed by atoms with van der Waals surface area (Å²) in [6.45, 7) is 4.79. The molecule has 0 radical (unpaired) electrons. The van der Waals surface area contributed by atoms with Gasteiger partial charge in [0.15, 0.2) is 17.6 Å². The number of hydrogen-bond acceptors (Lipinski definition) is 4. The zero-order valence-corrected chi connectivity index (χ0v) is 11.1. The molecule has 98 valence electrons. The van der Waals surface area contributed by atoms with Crippen LogP contribution in [0.1, 0.15) is 39.5 Å². The first-order valence-corrected chi connectivity index (χ1v) is 6.52. The molecule has 0 aliphatic carbocycles. The van der Waals surface area contributed by atoms with Crippen LogP contribution in [0.4, 0.5) is 0 Å². The van der Waals surface area contributed by atoms with Crippen LogP contribution in [0.5, 0.6) is 0 Å². The number of aliphatic imine (C=N–C) groups is 1. The number of nitriles is 1. The number of hydrogen-bond donors (Lipinski definition) is 0. The lowest BCUT2D eigenvalue weighted by Crippen LogP contribution is -2.34. The van der Waals surface area contributed by atoms with Crippen molar-refractivity contribution in [2.24, 2.45) is 10.9 Å². The van der Waals surface area contributed by atoms with Crippen LogP contribution < -0.4 is 0 Å². The molecule has 0 spiro atoms. The zero-order valence-electron chi connectivity index (χ0n) is 11.1. The van der Waals surface area contributed by atoms with Crippen LogP contribution in [0.15, 0.2) is 17.3 Å². The quantitative estimate of drug-likeness (QED) is 0.695. The second-order valence-electron chi connectivity index (χ2n) is 4.47. The van der Waals surface area contributed by atoms with Crippen LogP contribution in [-0.4, -0.2) is 24.2 Å². The molecule has 1 heterocycles. The maximum Gasteiger partial charge on any atom is 0.192 e. The first-order chi connectivity index (χ1) is 8.72. The summed E-state index contributed by atoms with van der Waals surface area (Å²) in [6, 6.07) is 1.92. The van der Waals surface area contributed by atoms with E-state index in [1.807, 2.05) is 6.07 Å². The molecule has 0 aromatic carbocycles. The summed E-state index contributed by atoms with van der Waals surface area (Å²) in [5.41, 5.74) is 0.160. The van der Waals surface area contributed by atoms with Crippen molar-refractivity contribution in [2.45, 2.75) is 45.6 Å². The molecule has 4 nitrogen and oxygen atoms in total. The van der Waals surface area contributed by atoms with E-state index >= 15 is 0 Å². The van der Waals surface area contributed by atoms with Crippen LogP contribution in [0.2, 0.25) is 0 Å². The van der Waals surface area contributed by atoms with Gasteiger partial charge >= 0.3 is 0 Å². The number of ether oxygens (including phenoxy) is 1. The Morgan fingerprint density at radius 2 is 2.33 bits per heavy atom. The van der Waals surface area contributed by atoms with Gasteiger partial charge in [-0.25, -0.2) is 4.99 Å². The number of rotatable bonds is 7. The Hall–Kier alpha value is -1.47. The van der Waals surface area contributed by atoms with Gasteiger partial charge in [-0.2, -0.15) is 5.26 Å². The highest BCUT2D eigenvalue weighted by molar-refractivity contribution is 6.19. The Balaban J connectivity index is 2.51. The van der Waals surface area contributed by atoms with Crippen LogP contribution in [0.25, 0.3) is 0 Å². The molecule has 0 saturated heterocycles. The molecular formula is C14H20N2O2. The lowest BCUT2D eigenvalue weighted by Gasteiger charge is -2.20. The summed E-state index contributed by atoms with van der Waals surface area (Å²) in [4.78, 5) is 15.5. The lowest BCUT2D eigenvalue weighted by atomic mass is 10.00. The van der Waals surface area contributed by atoms with Gasteiger partial charge in [0.05, 0.1) is 6.61 Å². The van der Waals surface area contributed by atoms with E-state index in [-0.39, 0.29) is 11.5 Å². The number of nitrogens with zero attached hydrogens (tertiary/aromatic N) is 2. The summed E-state index contributed by atoms with van der Waals surface area (Å²) in [5.74, 6) is 0.260. The van der Waals surface area contributed by atoms with Crippen molar-refractivity contribution < 1.29 is 9.53 Å². The second kappa shape index (κ2) is 7.78. The van der Waals surface area contributed by atoms with Crippen molar-refractivity contribution >= 4 is 11.5 Å². The lowest BCUT2D eigenvalue weighted by molar-refractivity contribution is -0.122. The monoisotopic (exact) mass is 248 g/mol. The summed E-state index contributed by atoms with van der Waals surface area (Å²) < 4.78 is 5.59. The van der Waals surface area contributed by atoms with Crippen molar-refractivity contribution in [3.05, 3.63) is 12.3 Å². The molecule has 2 atom stereocenters. The number of unbranched alkanes of at least 4 members (excludes halogenated alkanes) is 1. The van der Waals surface area contributed by atoms with Crippen LogP contribution in [0.3, 0.4) is 0 Å². The number of carbonyl (C=O) groups is 1. The Morgan fingerprint density at radius 3 is 2.94 bits per heavy atom. The van der Waals surface area contributed by atoms with Gasteiger partial charge in [-0.1, -0.05) is 33.1 Å². The van der Waals surface area contributed by atoms with Crippen LogP contribution in [-0.2, 0) is 9.53 Å². The normalized spacial score (nSPS) is 20.4. The Labute approximate surface area is 108 Å². The molecule has 0 N–H and O–H groups in total. The molecule has 0 amide bonds. The van der Waals surface area contributed by atoms with Gasteiger partial charge in [0.25, 0.3) is 0 Å². The van der Waals surface area contributed by atoms with Gasteiger partial charge in [-0.3, -0.25) is 4.79 Å². The molecule has 1 rings (SSSR count). The fourth-order valence-corrected chi connectivity index (χ4v) is 1.86. The van der Waals surface area contributed by atoms with Gasteiger partial charge in [0.1, 0.15) is 6.07 Å². The Morgan fingerprint density at radius 1 is 1.56 bits per heavy atom. The third kappa shape index (κ3) is 4.08. The second-order valence-corrected chi connectivity index (χ2v) is 4.47. The molecule has 0 aromatic heterocycles. The minimum Gasteiger partial charge on any atom is -0.363 e. The minimum absolute atomic E-state index is 0.160. The molecule has 0 aromatic rings. The fourth-order valence-electron chi connectivity index (χ4n) is 1.86. The summed E-state index contributed by atoms with van der Waals surface area (Å²) in [6.07, 6.45) is 6.37. The third-order valence-corrected chi connectivity index (χ3v) is 3.12. The Bertz CT molecular complexity index is 380. The van der Waals surface area contributed by atoms with Gasteiger partial charge in [0.2, 0.25) is 0 Å².